The van der Waals surface area contributed by atoms with Gasteiger partial charge in [-0.15, -0.1) is 11.8 Å². The molecule has 0 saturated heterocycles. The Kier molecular flexibility index (Phi) is 3.72. The van der Waals surface area contributed by atoms with Gasteiger partial charge in [-0.2, -0.15) is 0 Å². The number of hydrogen-bond acceptors (Lipinski definition) is 2. The van der Waals surface area contributed by atoms with Gasteiger partial charge in [0.25, 0.3) is 0 Å². The van der Waals surface area contributed by atoms with Gasteiger partial charge in [0.2, 0.25) is 0 Å². The van der Waals surface area contributed by atoms with Gasteiger partial charge in [-0.3, -0.25) is 0 Å². The third-order valence-corrected chi connectivity index (χ3v) is 4.18. The summed E-state index contributed by atoms with van der Waals surface area (Å²) in [5.74, 6) is 0.977. The lowest BCUT2D eigenvalue weighted by atomic mass is 10.2. The molecule has 0 atom stereocenters. The number of benzene rings is 2. The average molecular weight is 286 g/mol. The molecule has 0 aliphatic heterocycles. The van der Waals surface area contributed by atoms with Gasteiger partial charge >= 0.3 is 0 Å². The monoisotopic (exact) mass is 285 g/mol. The molecule has 3 heteroatoms. The van der Waals surface area contributed by atoms with E-state index in [0.29, 0.717) is 5.15 Å². The lowest BCUT2D eigenvalue weighted by molar-refractivity contribution is 1.35. The van der Waals surface area contributed by atoms with E-state index in [1.165, 1.54) is 10.5 Å². The molecule has 1 heterocycles. The van der Waals surface area contributed by atoms with E-state index < -0.39 is 0 Å². The van der Waals surface area contributed by atoms with Crippen molar-refractivity contribution in [2.45, 2.75) is 10.6 Å². The van der Waals surface area contributed by atoms with Crippen molar-refractivity contribution >= 4 is 34.1 Å². The number of fused-ring (bicyclic) bond motifs is 1. The minimum Gasteiger partial charge on any atom is -0.244 e. The maximum Gasteiger partial charge on any atom is 0.129 e. The van der Waals surface area contributed by atoms with Crippen LogP contribution in [0.4, 0.5) is 0 Å². The van der Waals surface area contributed by atoms with E-state index in [2.05, 4.69) is 47.4 Å². The van der Waals surface area contributed by atoms with Crippen molar-refractivity contribution in [1.82, 2.24) is 4.98 Å². The van der Waals surface area contributed by atoms with Crippen LogP contribution in [0, 0.1) is 0 Å². The SMILES string of the molecule is Clc1cc2cc(SCc3ccccc3)ccc2cn1. The van der Waals surface area contributed by atoms with Gasteiger partial charge in [-0.1, -0.05) is 48.0 Å². The Morgan fingerprint density at radius 1 is 0.947 bits per heavy atom. The molecular formula is C16H12ClNS. The average Bonchev–Trinajstić information content (AvgIpc) is 2.46. The lowest BCUT2D eigenvalue weighted by Gasteiger charge is -2.04. The second kappa shape index (κ2) is 5.64. The molecule has 0 bridgehead atoms. The zero-order valence-electron chi connectivity index (χ0n) is 10.2. The molecular weight excluding hydrogens is 274 g/mol. The minimum absolute atomic E-state index is 0.540. The summed E-state index contributed by atoms with van der Waals surface area (Å²) in [7, 11) is 0. The Morgan fingerprint density at radius 2 is 1.79 bits per heavy atom. The molecule has 0 radical (unpaired) electrons. The van der Waals surface area contributed by atoms with Gasteiger partial charge in [0, 0.05) is 22.2 Å². The van der Waals surface area contributed by atoms with Crippen LogP contribution in [0.3, 0.4) is 0 Å². The third-order valence-electron chi connectivity index (χ3n) is 2.91. The Balaban J connectivity index is 1.81. The Bertz CT molecular complexity index is 697. The molecule has 19 heavy (non-hydrogen) atoms. The van der Waals surface area contributed by atoms with Crippen LogP contribution < -0.4 is 0 Å². The molecule has 0 unspecified atom stereocenters. The number of rotatable bonds is 3. The Hall–Kier alpha value is -1.51. The number of pyridine rings is 1. The molecule has 3 aromatic rings. The second-order valence-electron chi connectivity index (χ2n) is 4.29. The molecule has 0 aliphatic carbocycles. The highest BCUT2D eigenvalue weighted by Crippen LogP contribution is 2.27. The summed E-state index contributed by atoms with van der Waals surface area (Å²) in [4.78, 5) is 5.34. The van der Waals surface area contributed by atoms with Gasteiger partial charge in [0.05, 0.1) is 0 Å². The Morgan fingerprint density at radius 3 is 2.63 bits per heavy atom. The van der Waals surface area contributed by atoms with Crippen LogP contribution in [0.5, 0.6) is 0 Å². The van der Waals surface area contributed by atoms with E-state index in [4.69, 9.17) is 11.6 Å². The summed E-state index contributed by atoms with van der Waals surface area (Å²) in [5.41, 5.74) is 1.33. The Labute approximate surface area is 121 Å². The molecule has 2 aromatic carbocycles. The minimum atomic E-state index is 0.540. The zero-order chi connectivity index (χ0) is 13.1. The third kappa shape index (κ3) is 3.09. The van der Waals surface area contributed by atoms with E-state index in [0.717, 1.165) is 16.5 Å². The summed E-state index contributed by atoms with van der Waals surface area (Å²) in [6.45, 7) is 0. The molecule has 1 aromatic heterocycles. The molecule has 0 spiro atoms. The second-order valence-corrected chi connectivity index (χ2v) is 5.73. The van der Waals surface area contributed by atoms with Crippen LogP contribution >= 0.6 is 23.4 Å². The van der Waals surface area contributed by atoms with Crippen LogP contribution in [-0.2, 0) is 5.75 Å². The summed E-state index contributed by atoms with van der Waals surface area (Å²) in [6.07, 6.45) is 1.81. The first-order chi connectivity index (χ1) is 9.31. The topological polar surface area (TPSA) is 12.9 Å². The van der Waals surface area contributed by atoms with Crippen molar-refractivity contribution in [1.29, 1.82) is 0 Å². The number of halogens is 1. The standard InChI is InChI=1S/C16H12ClNS/c17-16-9-14-8-15(7-6-13(14)10-18-16)19-11-12-4-2-1-3-5-12/h1-10H,11H2. The predicted molar refractivity (Wildman–Crippen MR) is 82.8 cm³/mol. The van der Waals surface area contributed by atoms with E-state index >= 15 is 0 Å². The van der Waals surface area contributed by atoms with Gasteiger partial charge in [-0.25, -0.2) is 4.98 Å². The van der Waals surface area contributed by atoms with E-state index in [1.54, 1.807) is 0 Å². The van der Waals surface area contributed by atoms with Gasteiger partial charge < -0.3 is 0 Å². The van der Waals surface area contributed by atoms with Crippen molar-refractivity contribution in [3.8, 4) is 0 Å². The molecule has 3 rings (SSSR count). The van der Waals surface area contributed by atoms with Crippen LogP contribution in [0.1, 0.15) is 5.56 Å². The number of nitrogens with zero attached hydrogens (tertiary/aromatic N) is 1. The quantitative estimate of drug-likeness (QED) is 0.486. The van der Waals surface area contributed by atoms with Crippen molar-refractivity contribution in [2.24, 2.45) is 0 Å². The maximum atomic E-state index is 5.93. The fourth-order valence-corrected chi connectivity index (χ4v) is 2.99. The van der Waals surface area contributed by atoms with Crippen LogP contribution in [0.2, 0.25) is 5.15 Å². The number of hydrogen-bond donors (Lipinski definition) is 0. The highest BCUT2D eigenvalue weighted by molar-refractivity contribution is 7.98. The fourth-order valence-electron chi connectivity index (χ4n) is 1.92. The van der Waals surface area contributed by atoms with E-state index in [1.807, 2.05) is 30.1 Å². The summed E-state index contributed by atoms with van der Waals surface area (Å²) in [5, 5.41) is 2.80. The molecule has 1 nitrogen and oxygen atoms in total. The normalized spacial score (nSPS) is 10.8. The number of thioether (sulfide) groups is 1. The highest BCUT2D eigenvalue weighted by atomic mass is 35.5. The number of aromatic nitrogens is 1. The lowest BCUT2D eigenvalue weighted by Crippen LogP contribution is -1.81. The van der Waals surface area contributed by atoms with Crippen molar-refractivity contribution in [3.05, 3.63) is 71.5 Å². The van der Waals surface area contributed by atoms with Crippen molar-refractivity contribution < 1.29 is 0 Å². The molecule has 0 aliphatic rings. The summed E-state index contributed by atoms with van der Waals surface area (Å²) >= 11 is 7.76. The largest absolute Gasteiger partial charge is 0.244 e. The van der Waals surface area contributed by atoms with Gasteiger partial charge in [-0.05, 0) is 29.1 Å². The van der Waals surface area contributed by atoms with Crippen molar-refractivity contribution in [3.63, 3.8) is 0 Å². The van der Waals surface area contributed by atoms with Crippen LogP contribution in [0.25, 0.3) is 10.8 Å². The van der Waals surface area contributed by atoms with E-state index in [9.17, 15) is 0 Å². The first-order valence-electron chi connectivity index (χ1n) is 6.03. The smallest absolute Gasteiger partial charge is 0.129 e. The molecule has 94 valence electrons. The summed E-state index contributed by atoms with van der Waals surface area (Å²) in [6, 6.07) is 18.8. The van der Waals surface area contributed by atoms with Crippen molar-refractivity contribution in [2.75, 3.05) is 0 Å². The summed E-state index contributed by atoms with van der Waals surface area (Å²) < 4.78 is 0. The first-order valence-corrected chi connectivity index (χ1v) is 7.40. The molecule has 0 N–H and O–H groups in total. The van der Waals surface area contributed by atoms with Crippen LogP contribution in [0.15, 0.2) is 65.7 Å². The fraction of sp³-hybridized carbons (Fsp3) is 0.0625. The van der Waals surface area contributed by atoms with Crippen LogP contribution in [-0.4, -0.2) is 4.98 Å². The van der Waals surface area contributed by atoms with Gasteiger partial charge in [0.1, 0.15) is 5.15 Å². The van der Waals surface area contributed by atoms with Gasteiger partial charge in [0.15, 0.2) is 0 Å². The zero-order valence-corrected chi connectivity index (χ0v) is 11.8. The highest BCUT2D eigenvalue weighted by Gasteiger charge is 2.00. The molecule has 0 fully saturated rings. The predicted octanol–water partition coefficient (Wildman–Crippen LogP) is 5.18. The molecule has 0 saturated carbocycles. The first kappa shape index (κ1) is 12.5. The molecule has 0 amide bonds. The maximum absolute atomic E-state index is 5.93. The van der Waals surface area contributed by atoms with E-state index in [-0.39, 0.29) is 0 Å².